The smallest absolute Gasteiger partial charge is 0.406 e. The van der Waals surface area contributed by atoms with Crippen molar-refractivity contribution in [1.82, 2.24) is 0 Å². The number of benzene rings is 2. The number of hydrogen-bond acceptors (Lipinski definition) is 2. The predicted molar refractivity (Wildman–Crippen MR) is 103 cm³/mol. The lowest BCUT2D eigenvalue weighted by atomic mass is 10.1. The van der Waals surface area contributed by atoms with E-state index < -0.39 is 6.36 Å². The van der Waals surface area contributed by atoms with E-state index in [1.165, 1.54) is 29.8 Å². The van der Waals surface area contributed by atoms with E-state index in [1.807, 2.05) is 24.3 Å². The third-order valence-electron chi connectivity index (χ3n) is 3.28. The third kappa shape index (κ3) is 7.20. The van der Waals surface area contributed by atoms with Gasteiger partial charge < -0.3 is 15.8 Å². The number of guanidine groups is 1. The number of nitrogens with two attached hydrogens (primary N) is 1. The normalized spacial score (nSPS) is 11.6. The van der Waals surface area contributed by atoms with Crippen LogP contribution in [0.3, 0.4) is 0 Å². The first-order valence-corrected chi connectivity index (χ1v) is 7.37. The molecule has 0 saturated heterocycles. The number of rotatable bonds is 5. The molecule has 0 aromatic heterocycles. The van der Waals surface area contributed by atoms with Gasteiger partial charge in [-0.25, -0.2) is 4.99 Å². The van der Waals surface area contributed by atoms with Crippen molar-refractivity contribution in [3.8, 4) is 5.75 Å². The molecule has 2 aromatic carbocycles. The van der Waals surface area contributed by atoms with Crippen LogP contribution in [0.25, 0.3) is 0 Å². The van der Waals surface area contributed by atoms with Crippen LogP contribution in [0.2, 0.25) is 0 Å². The molecule has 136 valence electrons. The van der Waals surface area contributed by atoms with Crippen molar-refractivity contribution in [3.63, 3.8) is 0 Å². The number of nitrogens with zero attached hydrogens (tertiary/aromatic N) is 1. The number of aliphatic imine (C=N–C) groups is 1. The van der Waals surface area contributed by atoms with Gasteiger partial charge in [0.25, 0.3) is 0 Å². The molecule has 0 aliphatic carbocycles. The minimum absolute atomic E-state index is 0. The molecule has 4 nitrogen and oxygen atoms in total. The molecular weight excluding hydrogens is 446 g/mol. The Morgan fingerprint density at radius 3 is 2.24 bits per heavy atom. The van der Waals surface area contributed by atoms with E-state index in [4.69, 9.17) is 5.73 Å². The quantitative estimate of drug-likeness (QED) is 0.383. The summed E-state index contributed by atoms with van der Waals surface area (Å²) in [7, 11) is 0. The first-order chi connectivity index (χ1) is 11.4. The van der Waals surface area contributed by atoms with Crippen LogP contribution >= 0.6 is 24.0 Å². The topological polar surface area (TPSA) is 59.6 Å². The zero-order chi connectivity index (χ0) is 17.6. The van der Waals surface area contributed by atoms with E-state index in [2.05, 4.69) is 22.0 Å². The van der Waals surface area contributed by atoms with Gasteiger partial charge in [0, 0.05) is 5.69 Å². The molecule has 0 fully saturated rings. The monoisotopic (exact) mass is 465 g/mol. The fourth-order valence-electron chi connectivity index (χ4n) is 2.15. The SMILES string of the molecule is CCc1ccccc1CN=C(N)Nc1ccc(OC(F)(F)F)cc1.I. The Kier molecular flexibility index (Phi) is 8.01. The second-order valence-electron chi connectivity index (χ2n) is 5.02. The highest BCUT2D eigenvalue weighted by Gasteiger charge is 2.30. The standard InChI is InChI=1S/C17H18F3N3O.HI/c1-2-12-5-3-4-6-13(12)11-22-16(21)23-14-7-9-15(10-8-14)24-17(18,19)20;/h3-10H,2,11H2,1H3,(H3,21,22,23);1H. The molecule has 0 spiro atoms. The summed E-state index contributed by atoms with van der Waals surface area (Å²) in [5.74, 6) is -0.106. The lowest BCUT2D eigenvalue weighted by molar-refractivity contribution is -0.274. The Morgan fingerprint density at radius 1 is 1.08 bits per heavy atom. The number of nitrogens with one attached hydrogen (secondary N) is 1. The van der Waals surface area contributed by atoms with E-state index in [0.29, 0.717) is 12.2 Å². The fourth-order valence-corrected chi connectivity index (χ4v) is 2.15. The second kappa shape index (κ2) is 9.50. The maximum absolute atomic E-state index is 12.1. The van der Waals surface area contributed by atoms with E-state index in [9.17, 15) is 13.2 Å². The van der Waals surface area contributed by atoms with Crippen LogP contribution in [0.4, 0.5) is 18.9 Å². The van der Waals surface area contributed by atoms with Crippen molar-refractivity contribution < 1.29 is 17.9 Å². The summed E-state index contributed by atoms with van der Waals surface area (Å²) in [6, 6.07) is 13.2. The van der Waals surface area contributed by atoms with Crippen LogP contribution in [-0.2, 0) is 13.0 Å². The molecule has 2 aromatic rings. The van der Waals surface area contributed by atoms with Gasteiger partial charge in [0.05, 0.1) is 6.54 Å². The van der Waals surface area contributed by atoms with Crippen molar-refractivity contribution in [3.05, 3.63) is 59.7 Å². The van der Waals surface area contributed by atoms with Gasteiger partial charge in [0.15, 0.2) is 5.96 Å². The number of anilines is 1. The Hall–Kier alpha value is -1.97. The molecule has 2 rings (SSSR count). The summed E-state index contributed by atoms with van der Waals surface area (Å²) < 4.78 is 40.1. The lowest BCUT2D eigenvalue weighted by Gasteiger charge is -2.10. The van der Waals surface area contributed by atoms with Crippen molar-refractivity contribution in [1.29, 1.82) is 0 Å². The molecule has 8 heteroatoms. The van der Waals surface area contributed by atoms with E-state index in [0.717, 1.165) is 12.0 Å². The summed E-state index contributed by atoms with van der Waals surface area (Å²) in [4.78, 5) is 4.25. The molecule has 0 atom stereocenters. The summed E-state index contributed by atoms with van der Waals surface area (Å²) in [6.45, 7) is 2.49. The molecule has 3 N–H and O–H groups in total. The van der Waals surface area contributed by atoms with E-state index in [-0.39, 0.29) is 35.7 Å². The molecule has 0 amide bonds. The number of aryl methyl sites for hydroxylation is 1. The minimum atomic E-state index is -4.71. The molecule has 0 heterocycles. The molecule has 25 heavy (non-hydrogen) atoms. The van der Waals surface area contributed by atoms with Crippen LogP contribution in [-0.4, -0.2) is 12.3 Å². The highest BCUT2D eigenvalue weighted by atomic mass is 127. The van der Waals surface area contributed by atoms with Crippen molar-refractivity contribution in [2.24, 2.45) is 10.7 Å². The van der Waals surface area contributed by atoms with Crippen LogP contribution < -0.4 is 15.8 Å². The summed E-state index contributed by atoms with van der Waals surface area (Å²) >= 11 is 0. The van der Waals surface area contributed by atoms with Crippen LogP contribution in [0.15, 0.2) is 53.5 Å². The highest BCUT2D eigenvalue weighted by Crippen LogP contribution is 2.23. The zero-order valence-electron chi connectivity index (χ0n) is 13.5. The average molecular weight is 465 g/mol. The molecule has 0 unspecified atom stereocenters. The van der Waals surface area contributed by atoms with E-state index in [1.54, 1.807) is 0 Å². The molecular formula is C17H19F3IN3O. The second-order valence-corrected chi connectivity index (χ2v) is 5.02. The lowest BCUT2D eigenvalue weighted by Crippen LogP contribution is -2.22. The van der Waals surface area contributed by atoms with Crippen LogP contribution in [0.5, 0.6) is 5.75 Å². The Bertz CT molecular complexity index is 703. The maximum Gasteiger partial charge on any atom is 0.573 e. The Labute approximate surface area is 161 Å². The first-order valence-electron chi connectivity index (χ1n) is 7.37. The first kappa shape index (κ1) is 21.1. The van der Waals surface area contributed by atoms with Gasteiger partial charge in [-0.1, -0.05) is 31.2 Å². The summed E-state index contributed by atoms with van der Waals surface area (Å²) in [5, 5.41) is 2.83. The summed E-state index contributed by atoms with van der Waals surface area (Å²) in [6.07, 6.45) is -3.80. The van der Waals surface area contributed by atoms with Gasteiger partial charge in [-0.2, -0.15) is 0 Å². The van der Waals surface area contributed by atoms with Gasteiger partial charge >= 0.3 is 6.36 Å². The largest absolute Gasteiger partial charge is 0.573 e. The Balaban J connectivity index is 0.00000312. The maximum atomic E-state index is 12.1. The van der Waals surface area contributed by atoms with Gasteiger partial charge in [-0.3, -0.25) is 0 Å². The number of halogens is 4. The van der Waals surface area contributed by atoms with Gasteiger partial charge in [0.1, 0.15) is 5.75 Å². The van der Waals surface area contributed by atoms with Gasteiger partial charge in [-0.15, -0.1) is 37.1 Å². The van der Waals surface area contributed by atoms with Crippen LogP contribution in [0.1, 0.15) is 18.1 Å². The van der Waals surface area contributed by atoms with Gasteiger partial charge in [0.2, 0.25) is 0 Å². The van der Waals surface area contributed by atoms with E-state index >= 15 is 0 Å². The molecule has 0 bridgehead atoms. The van der Waals surface area contributed by atoms with Crippen LogP contribution in [0, 0.1) is 0 Å². The highest BCUT2D eigenvalue weighted by molar-refractivity contribution is 14.0. The average Bonchev–Trinajstić information content (AvgIpc) is 2.53. The minimum Gasteiger partial charge on any atom is -0.406 e. The number of alkyl halides is 3. The molecule has 0 radical (unpaired) electrons. The molecule has 0 aliphatic heterocycles. The van der Waals surface area contributed by atoms with Crippen molar-refractivity contribution in [2.45, 2.75) is 26.3 Å². The number of ether oxygens (including phenoxy) is 1. The number of hydrogen-bond donors (Lipinski definition) is 2. The Morgan fingerprint density at radius 2 is 1.68 bits per heavy atom. The van der Waals surface area contributed by atoms with Crippen molar-refractivity contribution >= 4 is 35.6 Å². The zero-order valence-corrected chi connectivity index (χ0v) is 15.8. The summed E-state index contributed by atoms with van der Waals surface area (Å²) in [5.41, 5.74) is 8.61. The molecule has 0 saturated carbocycles. The van der Waals surface area contributed by atoms with Gasteiger partial charge in [-0.05, 0) is 41.8 Å². The molecule has 0 aliphatic rings. The van der Waals surface area contributed by atoms with Crippen molar-refractivity contribution in [2.75, 3.05) is 5.32 Å². The predicted octanol–water partition coefficient (Wildman–Crippen LogP) is 4.69. The fraction of sp³-hybridized carbons (Fsp3) is 0.235. The third-order valence-corrected chi connectivity index (χ3v) is 3.28.